The maximum Gasteiger partial charge on any atom is 0.117 e. The van der Waals surface area contributed by atoms with Crippen LogP contribution in [-0.2, 0) is 0 Å². The minimum Gasteiger partial charge on any atom is -0.341 e. The van der Waals surface area contributed by atoms with Gasteiger partial charge < -0.3 is 10.7 Å². The molecule has 0 amide bonds. The Morgan fingerprint density at radius 1 is 1.23 bits per heavy atom. The molecule has 0 aromatic heterocycles. The SMILES string of the molecule is NNC1=CC=Cc2ccccc2N1. The monoisotopic (exact) mass is 173 g/mol. The first-order valence-corrected chi connectivity index (χ1v) is 4.11. The van der Waals surface area contributed by atoms with Crippen molar-refractivity contribution in [2.45, 2.75) is 0 Å². The number of allylic oxidation sites excluding steroid dienone is 2. The molecule has 0 bridgehead atoms. The molecule has 3 nitrogen and oxygen atoms in total. The highest BCUT2D eigenvalue weighted by Crippen LogP contribution is 2.19. The third kappa shape index (κ3) is 1.55. The van der Waals surface area contributed by atoms with E-state index in [-0.39, 0.29) is 0 Å². The second-order valence-corrected chi connectivity index (χ2v) is 2.80. The van der Waals surface area contributed by atoms with Crippen LogP contribution in [0.4, 0.5) is 5.69 Å². The van der Waals surface area contributed by atoms with Crippen LogP contribution in [0.3, 0.4) is 0 Å². The van der Waals surface area contributed by atoms with Gasteiger partial charge in [-0.2, -0.15) is 0 Å². The summed E-state index contributed by atoms with van der Waals surface area (Å²) in [6.45, 7) is 0. The average Bonchev–Trinajstić information content (AvgIpc) is 2.38. The van der Waals surface area contributed by atoms with Crippen LogP contribution in [0.2, 0.25) is 0 Å². The molecule has 0 unspecified atom stereocenters. The second-order valence-electron chi connectivity index (χ2n) is 2.80. The number of hydrogen-bond donors (Lipinski definition) is 3. The van der Waals surface area contributed by atoms with E-state index in [1.54, 1.807) is 0 Å². The van der Waals surface area contributed by atoms with Gasteiger partial charge in [-0.3, -0.25) is 0 Å². The molecule has 0 atom stereocenters. The Hall–Kier alpha value is -1.74. The van der Waals surface area contributed by atoms with Gasteiger partial charge in [0.25, 0.3) is 0 Å². The highest BCUT2D eigenvalue weighted by molar-refractivity contribution is 5.70. The summed E-state index contributed by atoms with van der Waals surface area (Å²) in [5, 5.41) is 3.17. The quantitative estimate of drug-likeness (QED) is 0.445. The molecular formula is C10H11N3. The topological polar surface area (TPSA) is 50.1 Å². The lowest BCUT2D eigenvalue weighted by atomic mass is 10.2. The van der Waals surface area contributed by atoms with Crippen molar-refractivity contribution in [3.8, 4) is 0 Å². The van der Waals surface area contributed by atoms with Crippen molar-refractivity contribution in [3.05, 3.63) is 47.8 Å². The summed E-state index contributed by atoms with van der Waals surface area (Å²) < 4.78 is 0. The molecule has 1 heterocycles. The molecule has 0 spiro atoms. The third-order valence-electron chi connectivity index (χ3n) is 1.92. The summed E-state index contributed by atoms with van der Waals surface area (Å²) in [7, 11) is 0. The van der Waals surface area contributed by atoms with Crippen molar-refractivity contribution in [2.24, 2.45) is 5.84 Å². The number of rotatable bonds is 1. The Balaban J connectivity index is 2.40. The molecule has 1 aliphatic rings. The Bertz CT molecular complexity index is 366. The minimum atomic E-state index is 0.793. The molecule has 13 heavy (non-hydrogen) atoms. The molecule has 2 rings (SSSR count). The van der Waals surface area contributed by atoms with E-state index < -0.39 is 0 Å². The van der Waals surface area contributed by atoms with Crippen molar-refractivity contribution in [1.82, 2.24) is 5.43 Å². The van der Waals surface area contributed by atoms with Crippen LogP contribution < -0.4 is 16.6 Å². The Morgan fingerprint density at radius 2 is 2.08 bits per heavy atom. The molecule has 4 N–H and O–H groups in total. The van der Waals surface area contributed by atoms with Crippen LogP contribution >= 0.6 is 0 Å². The van der Waals surface area contributed by atoms with Crippen LogP contribution in [0.5, 0.6) is 0 Å². The van der Waals surface area contributed by atoms with Gasteiger partial charge >= 0.3 is 0 Å². The van der Waals surface area contributed by atoms with Gasteiger partial charge in [-0.25, -0.2) is 5.84 Å². The first kappa shape index (κ1) is 7.89. The van der Waals surface area contributed by atoms with Gasteiger partial charge in [0.15, 0.2) is 0 Å². The number of fused-ring (bicyclic) bond motifs is 1. The maximum atomic E-state index is 5.32. The van der Waals surface area contributed by atoms with Gasteiger partial charge in [0.2, 0.25) is 0 Å². The minimum absolute atomic E-state index is 0.793. The Labute approximate surface area is 76.9 Å². The van der Waals surface area contributed by atoms with Gasteiger partial charge in [-0.15, -0.1) is 0 Å². The predicted octanol–water partition coefficient (Wildman–Crippen LogP) is 1.43. The molecule has 0 radical (unpaired) electrons. The predicted molar refractivity (Wildman–Crippen MR) is 54.5 cm³/mol. The van der Waals surface area contributed by atoms with E-state index in [0.29, 0.717) is 0 Å². The number of nitrogens with two attached hydrogens (primary N) is 1. The van der Waals surface area contributed by atoms with E-state index in [0.717, 1.165) is 17.1 Å². The van der Waals surface area contributed by atoms with Crippen LogP contribution in [0.1, 0.15) is 5.56 Å². The molecule has 1 aromatic rings. The highest BCUT2D eigenvalue weighted by atomic mass is 15.3. The number of anilines is 1. The largest absolute Gasteiger partial charge is 0.341 e. The fourth-order valence-electron chi connectivity index (χ4n) is 1.28. The summed E-state index contributed by atoms with van der Waals surface area (Å²) in [4.78, 5) is 0. The van der Waals surface area contributed by atoms with Gasteiger partial charge in [0.1, 0.15) is 5.82 Å². The molecule has 0 fully saturated rings. The number of para-hydroxylation sites is 1. The zero-order chi connectivity index (χ0) is 9.10. The summed E-state index contributed by atoms with van der Waals surface area (Å²) in [6.07, 6.45) is 5.88. The van der Waals surface area contributed by atoms with Gasteiger partial charge in [0, 0.05) is 5.69 Å². The number of hydrazine groups is 1. The lowest BCUT2D eigenvalue weighted by Crippen LogP contribution is -2.25. The number of hydrogen-bond acceptors (Lipinski definition) is 3. The molecule has 0 aliphatic carbocycles. The van der Waals surface area contributed by atoms with Crippen molar-refractivity contribution < 1.29 is 0 Å². The summed E-state index contributed by atoms with van der Waals surface area (Å²) in [6, 6.07) is 8.05. The van der Waals surface area contributed by atoms with E-state index in [1.807, 2.05) is 42.5 Å². The summed E-state index contributed by atoms with van der Waals surface area (Å²) in [5.74, 6) is 6.11. The van der Waals surface area contributed by atoms with Crippen LogP contribution in [0.15, 0.2) is 42.2 Å². The fourth-order valence-corrected chi connectivity index (χ4v) is 1.28. The Kier molecular flexibility index (Phi) is 2.02. The molecule has 66 valence electrons. The van der Waals surface area contributed by atoms with E-state index in [9.17, 15) is 0 Å². The Morgan fingerprint density at radius 3 is 2.92 bits per heavy atom. The first-order valence-electron chi connectivity index (χ1n) is 4.11. The third-order valence-corrected chi connectivity index (χ3v) is 1.92. The normalized spacial score (nSPS) is 13.8. The average molecular weight is 173 g/mol. The summed E-state index contributed by atoms with van der Waals surface area (Å²) >= 11 is 0. The maximum absolute atomic E-state index is 5.32. The van der Waals surface area contributed by atoms with Crippen LogP contribution in [0.25, 0.3) is 6.08 Å². The van der Waals surface area contributed by atoms with Crippen molar-refractivity contribution in [3.63, 3.8) is 0 Å². The highest BCUT2D eigenvalue weighted by Gasteiger charge is 2.02. The molecule has 0 saturated carbocycles. The number of benzene rings is 1. The van der Waals surface area contributed by atoms with Gasteiger partial charge in [-0.1, -0.05) is 30.4 Å². The molecule has 3 heteroatoms. The van der Waals surface area contributed by atoms with E-state index >= 15 is 0 Å². The molecule has 1 aliphatic heterocycles. The zero-order valence-corrected chi connectivity index (χ0v) is 7.12. The van der Waals surface area contributed by atoms with E-state index in [1.165, 1.54) is 0 Å². The smallest absolute Gasteiger partial charge is 0.117 e. The van der Waals surface area contributed by atoms with Crippen molar-refractivity contribution in [1.29, 1.82) is 0 Å². The second kappa shape index (κ2) is 3.33. The van der Waals surface area contributed by atoms with Gasteiger partial charge in [0.05, 0.1) is 0 Å². The van der Waals surface area contributed by atoms with Crippen molar-refractivity contribution >= 4 is 11.8 Å². The lowest BCUT2D eigenvalue weighted by molar-refractivity contribution is 0.893. The molecule has 0 saturated heterocycles. The van der Waals surface area contributed by atoms with E-state index in [2.05, 4.69) is 10.7 Å². The molecular weight excluding hydrogens is 162 g/mol. The van der Waals surface area contributed by atoms with Crippen LogP contribution in [-0.4, -0.2) is 0 Å². The zero-order valence-electron chi connectivity index (χ0n) is 7.12. The molecule has 1 aromatic carbocycles. The standard InChI is InChI=1S/C10H11N3/c11-13-10-7-3-5-8-4-1-2-6-9(8)12-10/h1-7,12-13H,11H2. The summed E-state index contributed by atoms with van der Waals surface area (Å²) in [5.41, 5.74) is 4.80. The van der Waals surface area contributed by atoms with E-state index in [4.69, 9.17) is 5.84 Å². The van der Waals surface area contributed by atoms with Crippen LogP contribution in [0, 0.1) is 0 Å². The first-order chi connectivity index (χ1) is 6.40. The van der Waals surface area contributed by atoms with Crippen molar-refractivity contribution in [2.75, 3.05) is 5.32 Å². The fraction of sp³-hybridized carbons (Fsp3) is 0. The van der Waals surface area contributed by atoms with Gasteiger partial charge in [-0.05, 0) is 17.7 Å². The number of nitrogens with one attached hydrogen (secondary N) is 2. The lowest BCUT2D eigenvalue weighted by Gasteiger charge is -2.09.